The van der Waals surface area contributed by atoms with Crippen LogP contribution in [0.15, 0.2) is 11.6 Å². The summed E-state index contributed by atoms with van der Waals surface area (Å²) >= 11 is 0. The molecule has 0 aliphatic heterocycles. The predicted octanol–water partition coefficient (Wildman–Crippen LogP) is 6.08. The molecule has 124 valence electrons. The normalized spacial score (nSPS) is 32.5. The largest absolute Gasteiger partial charge is 0.295 e. The molecule has 0 N–H and O–H groups in total. The molecule has 0 amide bonds. The standard InChI is InChI=1S/C21H34O/c1-3-21(4-2)11-9-16(10-12-21)13-17-5-6-19-15-20(22)8-7-18(19)14-17/h15-18H,3-14H2,1-2H3. The molecule has 0 bridgehead atoms. The molecule has 0 aromatic carbocycles. The second kappa shape index (κ2) is 6.89. The maximum absolute atomic E-state index is 11.6. The number of carbonyl (C=O) groups is 1. The second-order valence-corrected chi connectivity index (χ2v) is 8.45. The molecule has 0 spiro atoms. The molecule has 1 heteroatoms. The van der Waals surface area contributed by atoms with E-state index in [1.54, 1.807) is 0 Å². The first-order chi connectivity index (χ1) is 10.6. The number of allylic oxidation sites excluding steroid dienone is 2. The lowest BCUT2D eigenvalue weighted by Crippen LogP contribution is -2.29. The summed E-state index contributed by atoms with van der Waals surface area (Å²) in [4.78, 5) is 11.6. The first-order valence-corrected chi connectivity index (χ1v) is 9.87. The van der Waals surface area contributed by atoms with Crippen molar-refractivity contribution < 1.29 is 4.79 Å². The minimum atomic E-state index is 0.382. The molecule has 3 aliphatic rings. The lowest BCUT2D eigenvalue weighted by Gasteiger charge is -2.41. The van der Waals surface area contributed by atoms with E-state index in [2.05, 4.69) is 13.8 Å². The van der Waals surface area contributed by atoms with Crippen LogP contribution >= 0.6 is 0 Å². The number of hydrogen-bond acceptors (Lipinski definition) is 1. The van der Waals surface area contributed by atoms with Gasteiger partial charge in [0.1, 0.15) is 0 Å². The van der Waals surface area contributed by atoms with E-state index in [9.17, 15) is 4.79 Å². The van der Waals surface area contributed by atoms with Gasteiger partial charge in [-0.3, -0.25) is 4.79 Å². The molecular weight excluding hydrogens is 268 g/mol. The summed E-state index contributed by atoms with van der Waals surface area (Å²) in [5, 5.41) is 0. The van der Waals surface area contributed by atoms with E-state index < -0.39 is 0 Å². The first-order valence-electron chi connectivity index (χ1n) is 9.87. The van der Waals surface area contributed by atoms with Crippen molar-refractivity contribution in [1.29, 1.82) is 0 Å². The Bertz CT molecular complexity index is 419. The summed E-state index contributed by atoms with van der Waals surface area (Å²) in [6.45, 7) is 4.78. The van der Waals surface area contributed by atoms with Gasteiger partial charge in [-0.2, -0.15) is 0 Å². The van der Waals surface area contributed by atoms with Gasteiger partial charge in [0.05, 0.1) is 0 Å². The highest BCUT2D eigenvalue weighted by Gasteiger charge is 2.35. The van der Waals surface area contributed by atoms with E-state index >= 15 is 0 Å². The van der Waals surface area contributed by atoms with Crippen LogP contribution < -0.4 is 0 Å². The van der Waals surface area contributed by atoms with Crippen molar-refractivity contribution in [2.45, 2.75) is 90.9 Å². The van der Waals surface area contributed by atoms with Gasteiger partial charge in [0, 0.05) is 6.42 Å². The Morgan fingerprint density at radius 3 is 2.41 bits per heavy atom. The first kappa shape index (κ1) is 16.3. The maximum Gasteiger partial charge on any atom is 0.155 e. The summed E-state index contributed by atoms with van der Waals surface area (Å²) in [6.07, 6.45) is 18.0. The van der Waals surface area contributed by atoms with E-state index in [4.69, 9.17) is 0 Å². The van der Waals surface area contributed by atoms with Gasteiger partial charge in [-0.05, 0) is 87.0 Å². The fourth-order valence-corrected chi connectivity index (χ4v) is 5.50. The van der Waals surface area contributed by atoms with E-state index in [0.29, 0.717) is 11.2 Å². The van der Waals surface area contributed by atoms with Crippen molar-refractivity contribution in [3.63, 3.8) is 0 Å². The van der Waals surface area contributed by atoms with Gasteiger partial charge in [-0.25, -0.2) is 0 Å². The second-order valence-electron chi connectivity index (χ2n) is 8.45. The van der Waals surface area contributed by atoms with Gasteiger partial charge in [-0.1, -0.05) is 32.3 Å². The summed E-state index contributed by atoms with van der Waals surface area (Å²) in [7, 11) is 0. The monoisotopic (exact) mass is 302 g/mol. The van der Waals surface area contributed by atoms with Crippen LogP contribution in [0.1, 0.15) is 90.9 Å². The predicted molar refractivity (Wildman–Crippen MR) is 92.7 cm³/mol. The van der Waals surface area contributed by atoms with Crippen LogP contribution in [0.4, 0.5) is 0 Å². The highest BCUT2D eigenvalue weighted by atomic mass is 16.1. The summed E-state index contributed by atoms with van der Waals surface area (Å²) in [5.41, 5.74) is 2.18. The Kier molecular flexibility index (Phi) is 5.10. The molecule has 0 heterocycles. The Morgan fingerprint density at radius 1 is 1.00 bits per heavy atom. The summed E-state index contributed by atoms with van der Waals surface area (Å²) < 4.78 is 0. The molecule has 2 saturated carbocycles. The van der Waals surface area contributed by atoms with Crippen LogP contribution in [0, 0.1) is 23.2 Å². The Balaban J connectivity index is 1.49. The number of fused-ring (bicyclic) bond motifs is 1. The van der Waals surface area contributed by atoms with Crippen LogP contribution in [0.25, 0.3) is 0 Å². The molecule has 2 unspecified atom stereocenters. The molecule has 22 heavy (non-hydrogen) atoms. The minimum absolute atomic E-state index is 0.382. The van der Waals surface area contributed by atoms with Crippen molar-refractivity contribution in [3.05, 3.63) is 11.6 Å². The van der Waals surface area contributed by atoms with E-state index in [1.807, 2.05) is 6.08 Å². The fourth-order valence-electron chi connectivity index (χ4n) is 5.50. The molecule has 2 fully saturated rings. The molecule has 1 nitrogen and oxygen atoms in total. The lowest BCUT2D eigenvalue weighted by atomic mass is 9.64. The highest BCUT2D eigenvalue weighted by molar-refractivity contribution is 5.91. The SMILES string of the molecule is CCC1(CC)CCC(CC2CCC3=CC(=O)CCC3C2)CC1. The van der Waals surface area contributed by atoms with Crippen LogP contribution in [0.3, 0.4) is 0 Å². The number of ketones is 1. The fraction of sp³-hybridized carbons (Fsp3) is 0.857. The molecule has 0 aromatic rings. The van der Waals surface area contributed by atoms with Crippen LogP contribution in [-0.2, 0) is 4.79 Å². The van der Waals surface area contributed by atoms with Crippen molar-refractivity contribution in [2.75, 3.05) is 0 Å². The zero-order valence-electron chi connectivity index (χ0n) is 14.7. The summed E-state index contributed by atoms with van der Waals surface area (Å²) in [5.74, 6) is 3.07. The van der Waals surface area contributed by atoms with Gasteiger partial charge in [0.15, 0.2) is 5.78 Å². The third-order valence-electron chi connectivity index (χ3n) is 7.40. The van der Waals surface area contributed by atoms with E-state index in [0.717, 1.165) is 30.6 Å². The maximum atomic E-state index is 11.6. The third-order valence-corrected chi connectivity index (χ3v) is 7.40. The van der Waals surface area contributed by atoms with Crippen LogP contribution in [-0.4, -0.2) is 5.78 Å². The topological polar surface area (TPSA) is 17.1 Å². The van der Waals surface area contributed by atoms with Gasteiger partial charge in [0.25, 0.3) is 0 Å². The highest BCUT2D eigenvalue weighted by Crippen LogP contribution is 2.47. The smallest absolute Gasteiger partial charge is 0.155 e. The molecular formula is C21H34O. The number of rotatable bonds is 4. The van der Waals surface area contributed by atoms with Crippen LogP contribution in [0.5, 0.6) is 0 Å². The molecule has 0 radical (unpaired) electrons. The van der Waals surface area contributed by atoms with Crippen molar-refractivity contribution >= 4 is 5.78 Å². The van der Waals surface area contributed by atoms with Gasteiger partial charge < -0.3 is 0 Å². The Labute approximate surface area is 136 Å². The van der Waals surface area contributed by atoms with E-state index in [-0.39, 0.29) is 0 Å². The minimum Gasteiger partial charge on any atom is -0.295 e. The molecule has 0 saturated heterocycles. The average Bonchev–Trinajstić information content (AvgIpc) is 2.56. The number of hydrogen-bond donors (Lipinski definition) is 0. The van der Waals surface area contributed by atoms with E-state index in [1.165, 1.54) is 69.8 Å². The average molecular weight is 303 g/mol. The van der Waals surface area contributed by atoms with Crippen molar-refractivity contribution in [3.8, 4) is 0 Å². The zero-order valence-corrected chi connectivity index (χ0v) is 14.7. The lowest BCUT2D eigenvalue weighted by molar-refractivity contribution is -0.115. The summed E-state index contributed by atoms with van der Waals surface area (Å²) in [6, 6.07) is 0. The number of carbonyl (C=O) groups excluding carboxylic acids is 1. The van der Waals surface area contributed by atoms with Crippen molar-refractivity contribution in [2.24, 2.45) is 23.2 Å². The quantitative estimate of drug-likeness (QED) is 0.615. The molecule has 3 rings (SSSR count). The third kappa shape index (κ3) is 3.49. The molecule has 2 atom stereocenters. The zero-order chi connectivity index (χ0) is 15.6. The van der Waals surface area contributed by atoms with Crippen LogP contribution in [0.2, 0.25) is 0 Å². The van der Waals surface area contributed by atoms with Gasteiger partial charge in [-0.15, -0.1) is 0 Å². The molecule has 0 aromatic heterocycles. The Hall–Kier alpha value is -0.590. The van der Waals surface area contributed by atoms with Gasteiger partial charge in [0.2, 0.25) is 0 Å². The Morgan fingerprint density at radius 2 is 1.73 bits per heavy atom. The van der Waals surface area contributed by atoms with Gasteiger partial charge >= 0.3 is 0 Å². The molecule has 3 aliphatic carbocycles. The van der Waals surface area contributed by atoms with Crippen molar-refractivity contribution in [1.82, 2.24) is 0 Å².